The predicted molar refractivity (Wildman–Crippen MR) is 117 cm³/mol. The number of benzene rings is 2. The largest absolute Gasteiger partial charge is 0.457 e. The van der Waals surface area contributed by atoms with Gasteiger partial charge in [0.05, 0.1) is 30.0 Å². The second-order valence-electron chi connectivity index (χ2n) is 7.74. The molecule has 166 valence electrons. The van der Waals surface area contributed by atoms with Gasteiger partial charge in [0.25, 0.3) is 17.7 Å². The minimum Gasteiger partial charge on any atom is -0.457 e. The Morgan fingerprint density at radius 1 is 1.09 bits per heavy atom. The van der Waals surface area contributed by atoms with Crippen LogP contribution in [0.5, 0.6) is 11.5 Å². The molecule has 33 heavy (non-hydrogen) atoms. The Labute approximate surface area is 189 Å². The van der Waals surface area contributed by atoms with E-state index in [0.29, 0.717) is 34.9 Å². The minimum atomic E-state index is -0.395. The lowest BCUT2D eigenvalue weighted by molar-refractivity contribution is 0.0475. The molecule has 0 radical (unpaired) electrons. The van der Waals surface area contributed by atoms with Crippen molar-refractivity contribution in [1.82, 2.24) is 14.9 Å². The maximum Gasteiger partial charge on any atom is 0.275 e. The predicted octanol–water partition coefficient (Wildman–Crippen LogP) is 3.30. The van der Waals surface area contributed by atoms with Crippen molar-refractivity contribution in [3.63, 3.8) is 0 Å². The monoisotopic (exact) mass is 444 g/mol. The molecule has 0 bridgehead atoms. The van der Waals surface area contributed by atoms with Gasteiger partial charge in [-0.1, -0.05) is 6.07 Å². The van der Waals surface area contributed by atoms with E-state index in [-0.39, 0.29) is 30.2 Å². The van der Waals surface area contributed by atoms with Gasteiger partial charge in [0.1, 0.15) is 17.2 Å². The number of hydrogen-bond acceptors (Lipinski definition) is 7. The molecule has 3 aromatic rings. The molecule has 9 nitrogen and oxygen atoms in total. The first-order valence-corrected chi connectivity index (χ1v) is 10.6. The zero-order valence-electron chi connectivity index (χ0n) is 17.6. The van der Waals surface area contributed by atoms with E-state index in [1.54, 1.807) is 42.5 Å². The number of carbonyl (C=O) groups is 3. The molecule has 1 N–H and O–H groups in total. The van der Waals surface area contributed by atoms with E-state index in [1.165, 1.54) is 23.5 Å². The summed E-state index contributed by atoms with van der Waals surface area (Å²) in [7, 11) is 0. The van der Waals surface area contributed by atoms with Gasteiger partial charge in [-0.2, -0.15) is 0 Å². The third kappa shape index (κ3) is 4.31. The van der Waals surface area contributed by atoms with Gasteiger partial charge in [0, 0.05) is 30.8 Å². The van der Waals surface area contributed by atoms with E-state index >= 15 is 0 Å². The molecular formula is C24H20N4O5. The SMILES string of the molecule is O=C(Nc1cccc(Oc2ccc3c(c2)C(=O)N(CC2CCCO2)C3=O)c1)c1cnccn1. The summed E-state index contributed by atoms with van der Waals surface area (Å²) in [5.41, 5.74) is 1.37. The van der Waals surface area contributed by atoms with Crippen molar-refractivity contribution in [1.29, 1.82) is 0 Å². The number of carbonyl (C=O) groups excluding carboxylic acids is 3. The lowest BCUT2D eigenvalue weighted by Gasteiger charge is -2.17. The first kappa shape index (κ1) is 20.8. The maximum absolute atomic E-state index is 12.8. The topological polar surface area (TPSA) is 111 Å². The summed E-state index contributed by atoms with van der Waals surface area (Å²) in [6, 6.07) is 11.6. The molecule has 1 fully saturated rings. The molecule has 2 aliphatic rings. The average Bonchev–Trinajstić information content (AvgIpc) is 3.43. The number of nitrogens with one attached hydrogen (secondary N) is 1. The molecule has 9 heteroatoms. The summed E-state index contributed by atoms with van der Waals surface area (Å²) in [5.74, 6) is -0.189. The highest BCUT2D eigenvalue weighted by Gasteiger charge is 2.37. The molecule has 1 atom stereocenters. The average molecular weight is 444 g/mol. The number of fused-ring (bicyclic) bond motifs is 1. The van der Waals surface area contributed by atoms with E-state index in [9.17, 15) is 14.4 Å². The van der Waals surface area contributed by atoms with Gasteiger partial charge in [-0.3, -0.25) is 24.3 Å². The van der Waals surface area contributed by atoms with Crippen LogP contribution in [0.1, 0.15) is 44.0 Å². The fourth-order valence-corrected chi connectivity index (χ4v) is 3.88. The summed E-state index contributed by atoms with van der Waals surface area (Å²) in [5, 5.41) is 2.74. The second kappa shape index (κ2) is 8.79. The van der Waals surface area contributed by atoms with Crippen LogP contribution in [-0.2, 0) is 4.74 Å². The lowest BCUT2D eigenvalue weighted by Crippen LogP contribution is -2.36. The molecule has 0 aliphatic carbocycles. The number of nitrogens with zero attached hydrogens (tertiary/aromatic N) is 3. The summed E-state index contributed by atoms with van der Waals surface area (Å²) >= 11 is 0. The van der Waals surface area contributed by atoms with Crippen molar-refractivity contribution in [2.45, 2.75) is 18.9 Å². The number of amides is 3. The summed E-state index contributed by atoms with van der Waals surface area (Å²) in [6.45, 7) is 0.917. The van der Waals surface area contributed by atoms with Crippen LogP contribution >= 0.6 is 0 Å². The van der Waals surface area contributed by atoms with Gasteiger partial charge in [-0.15, -0.1) is 0 Å². The Bertz CT molecular complexity index is 1220. The van der Waals surface area contributed by atoms with E-state index in [0.717, 1.165) is 12.8 Å². The van der Waals surface area contributed by atoms with Crippen molar-refractivity contribution in [2.75, 3.05) is 18.5 Å². The van der Waals surface area contributed by atoms with Gasteiger partial charge < -0.3 is 14.8 Å². The summed E-state index contributed by atoms with van der Waals surface area (Å²) < 4.78 is 11.5. The van der Waals surface area contributed by atoms with Crippen molar-refractivity contribution < 1.29 is 23.9 Å². The van der Waals surface area contributed by atoms with Crippen molar-refractivity contribution in [2.24, 2.45) is 0 Å². The van der Waals surface area contributed by atoms with Crippen molar-refractivity contribution >= 4 is 23.4 Å². The number of anilines is 1. The molecule has 1 saturated heterocycles. The Kier molecular flexibility index (Phi) is 5.54. The van der Waals surface area contributed by atoms with E-state index in [4.69, 9.17) is 9.47 Å². The van der Waals surface area contributed by atoms with Crippen LogP contribution in [0.25, 0.3) is 0 Å². The molecule has 2 aliphatic heterocycles. The quantitative estimate of drug-likeness (QED) is 0.581. The number of ether oxygens (including phenoxy) is 2. The third-order valence-electron chi connectivity index (χ3n) is 5.48. The number of imide groups is 1. The Balaban J connectivity index is 1.30. The fraction of sp³-hybridized carbons (Fsp3) is 0.208. The lowest BCUT2D eigenvalue weighted by atomic mass is 10.1. The van der Waals surface area contributed by atoms with Crippen LogP contribution in [0, 0.1) is 0 Å². The van der Waals surface area contributed by atoms with Crippen LogP contribution in [0.3, 0.4) is 0 Å². The van der Waals surface area contributed by atoms with Crippen LogP contribution in [0.2, 0.25) is 0 Å². The van der Waals surface area contributed by atoms with Gasteiger partial charge in [-0.25, -0.2) is 4.98 Å². The van der Waals surface area contributed by atoms with Gasteiger partial charge in [0.2, 0.25) is 0 Å². The molecule has 0 spiro atoms. The van der Waals surface area contributed by atoms with Crippen molar-refractivity contribution in [3.05, 3.63) is 77.9 Å². The standard InChI is InChI=1S/C24H20N4O5/c29-22(21-13-25-8-9-26-21)27-15-3-1-4-16(11-15)33-17-6-7-19-20(12-17)24(31)28(23(19)30)14-18-5-2-10-32-18/h1,3-4,6-9,11-13,18H,2,5,10,14H2,(H,27,29). The first-order valence-electron chi connectivity index (χ1n) is 10.6. The second-order valence-corrected chi connectivity index (χ2v) is 7.74. The normalized spacial score (nSPS) is 17.2. The summed E-state index contributed by atoms with van der Waals surface area (Å²) in [6.07, 6.45) is 5.97. The maximum atomic E-state index is 12.8. The van der Waals surface area contributed by atoms with Crippen LogP contribution in [0.15, 0.2) is 61.1 Å². The molecule has 1 unspecified atom stereocenters. The van der Waals surface area contributed by atoms with Gasteiger partial charge >= 0.3 is 0 Å². The van der Waals surface area contributed by atoms with Crippen LogP contribution < -0.4 is 10.1 Å². The number of hydrogen-bond donors (Lipinski definition) is 1. The molecule has 1 aromatic heterocycles. The minimum absolute atomic E-state index is 0.109. The molecular weight excluding hydrogens is 424 g/mol. The summed E-state index contributed by atoms with van der Waals surface area (Å²) in [4.78, 5) is 46.9. The Morgan fingerprint density at radius 3 is 2.73 bits per heavy atom. The van der Waals surface area contributed by atoms with Crippen LogP contribution in [0.4, 0.5) is 5.69 Å². The molecule has 3 amide bonds. The highest BCUT2D eigenvalue weighted by atomic mass is 16.5. The Morgan fingerprint density at radius 2 is 1.94 bits per heavy atom. The molecule has 5 rings (SSSR count). The fourth-order valence-electron chi connectivity index (χ4n) is 3.88. The highest BCUT2D eigenvalue weighted by Crippen LogP contribution is 2.31. The van der Waals surface area contributed by atoms with Crippen LogP contribution in [-0.4, -0.2) is 51.8 Å². The Hall–Kier alpha value is -4.11. The zero-order valence-corrected chi connectivity index (χ0v) is 17.6. The highest BCUT2D eigenvalue weighted by molar-refractivity contribution is 6.21. The number of rotatable bonds is 6. The third-order valence-corrected chi connectivity index (χ3v) is 5.48. The van der Waals surface area contributed by atoms with E-state index < -0.39 is 5.91 Å². The van der Waals surface area contributed by atoms with E-state index in [2.05, 4.69) is 15.3 Å². The van der Waals surface area contributed by atoms with Crippen molar-refractivity contribution in [3.8, 4) is 11.5 Å². The molecule has 2 aromatic carbocycles. The molecule has 3 heterocycles. The van der Waals surface area contributed by atoms with E-state index in [1.807, 2.05) is 0 Å². The van der Waals surface area contributed by atoms with Gasteiger partial charge in [-0.05, 0) is 43.2 Å². The molecule has 0 saturated carbocycles. The first-order chi connectivity index (χ1) is 16.1. The zero-order chi connectivity index (χ0) is 22.8. The number of aromatic nitrogens is 2. The van der Waals surface area contributed by atoms with Gasteiger partial charge in [0.15, 0.2) is 0 Å². The smallest absolute Gasteiger partial charge is 0.275 e.